The summed E-state index contributed by atoms with van der Waals surface area (Å²) >= 11 is 0. The standard InChI is InChI=1S/C22H24F3N3O2/c1-15-5-3-8-19(16(15)2)26-20(29)14-27-9-11-28(12-10-27)21(30)17-6-4-7-18(13-17)22(23,24)25/h3-8,13H,9-12,14H2,1-2H3,(H,26,29). The SMILES string of the molecule is Cc1cccc(NC(=O)CN2CCN(C(=O)c3cccc(C(F)(F)F)c3)CC2)c1C. The van der Waals surface area contributed by atoms with E-state index in [2.05, 4.69) is 5.32 Å². The van der Waals surface area contributed by atoms with E-state index < -0.39 is 17.6 Å². The Labute approximate surface area is 173 Å². The fourth-order valence-corrected chi connectivity index (χ4v) is 3.40. The molecule has 0 aromatic heterocycles. The first-order chi connectivity index (χ1) is 14.1. The Balaban J connectivity index is 1.54. The van der Waals surface area contributed by atoms with Gasteiger partial charge in [0.25, 0.3) is 5.91 Å². The summed E-state index contributed by atoms with van der Waals surface area (Å²) in [5.41, 5.74) is 2.07. The van der Waals surface area contributed by atoms with Crippen LogP contribution in [0.15, 0.2) is 42.5 Å². The van der Waals surface area contributed by atoms with Crippen LogP contribution < -0.4 is 5.32 Å². The van der Waals surface area contributed by atoms with Crippen molar-refractivity contribution in [1.29, 1.82) is 0 Å². The minimum Gasteiger partial charge on any atom is -0.336 e. The summed E-state index contributed by atoms with van der Waals surface area (Å²) in [7, 11) is 0. The first kappa shape index (κ1) is 21.8. The van der Waals surface area contributed by atoms with E-state index >= 15 is 0 Å². The third kappa shape index (κ3) is 5.18. The number of nitrogens with one attached hydrogen (secondary N) is 1. The third-order valence-corrected chi connectivity index (χ3v) is 5.34. The Morgan fingerprint density at radius 3 is 2.33 bits per heavy atom. The van der Waals surface area contributed by atoms with Crippen LogP contribution in [-0.2, 0) is 11.0 Å². The van der Waals surface area contributed by atoms with E-state index in [1.807, 2.05) is 36.9 Å². The van der Waals surface area contributed by atoms with E-state index in [1.165, 1.54) is 17.0 Å². The minimum atomic E-state index is -4.49. The van der Waals surface area contributed by atoms with E-state index in [4.69, 9.17) is 0 Å². The minimum absolute atomic E-state index is 0.0194. The number of alkyl halides is 3. The van der Waals surface area contributed by atoms with Gasteiger partial charge in [-0.1, -0.05) is 18.2 Å². The quantitative estimate of drug-likeness (QED) is 0.822. The maximum absolute atomic E-state index is 12.9. The van der Waals surface area contributed by atoms with Crippen molar-refractivity contribution < 1.29 is 22.8 Å². The predicted octanol–water partition coefficient (Wildman–Crippen LogP) is 3.72. The van der Waals surface area contributed by atoms with Crippen LogP contribution in [0, 0.1) is 13.8 Å². The highest BCUT2D eigenvalue weighted by molar-refractivity contribution is 5.95. The number of hydrogen-bond acceptors (Lipinski definition) is 3. The van der Waals surface area contributed by atoms with E-state index in [0.717, 1.165) is 28.9 Å². The zero-order valence-corrected chi connectivity index (χ0v) is 16.9. The lowest BCUT2D eigenvalue weighted by Gasteiger charge is -2.34. The Hall–Kier alpha value is -2.87. The molecule has 0 bridgehead atoms. The number of nitrogens with zero attached hydrogens (tertiary/aromatic N) is 2. The van der Waals surface area contributed by atoms with Crippen LogP contribution in [0.4, 0.5) is 18.9 Å². The van der Waals surface area contributed by atoms with E-state index in [-0.39, 0.29) is 18.0 Å². The lowest BCUT2D eigenvalue weighted by Crippen LogP contribution is -2.50. The number of aryl methyl sites for hydroxylation is 1. The monoisotopic (exact) mass is 419 g/mol. The van der Waals surface area contributed by atoms with Crippen LogP contribution in [-0.4, -0.2) is 54.3 Å². The van der Waals surface area contributed by atoms with Crippen molar-refractivity contribution in [3.63, 3.8) is 0 Å². The first-order valence-electron chi connectivity index (χ1n) is 9.70. The van der Waals surface area contributed by atoms with E-state index in [1.54, 1.807) is 0 Å². The zero-order chi connectivity index (χ0) is 21.9. The molecule has 0 radical (unpaired) electrons. The number of anilines is 1. The molecule has 2 aromatic rings. The maximum atomic E-state index is 12.9. The fourth-order valence-electron chi connectivity index (χ4n) is 3.40. The number of carbonyl (C=O) groups excluding carboxylic acids is 2. The fraction of sp³-hybridized carbons (Fsp3) is 0.364. The second-order valence-electron chi connectivity index (χ2n) is 7.44. The number of amides is 2. The van der Waals surface area contributed by atoms with Gasteiger partial charge in [0.15, 0.2) is 0 Å². The molecule has 2 aromatic carbocycles. The number of carbonyl (C=O) groups is 2. The molecule has 1 heterocycles. The van der Waals surface area contributed by atoms with Gasteiger partial charge in [-0.2, -0.15) is 13.2 Å². The summed E-state index contributed by atoms with van der Waals surface area (Å²) < 4.78 is 38.6. The summed E-state index contributed by atoms with van der Waals surface area (Å²) in [5, 5.41) is 2.91. The lowest BCUT2D eigenvalue weighted by atomic mass is 10.1. The molecule has 1 aliphatic heterocycles. The largest absolute Gasteiger partial charge is 0.416 e. The molecule has 160 valence electrons. The van der Waals surface area contributed by atoms with Crippen molar-refractivity contribution in [2.75, 3.05) is 38.0 Å². The second-order valence-corrected chi connectivity index (χ2v) is 7.44. The molecule has 30 heavy (non-hydrogen) atoms. The Morgan fingerprint density at radius 1 is 1.00 bits per heavy atom. The van der Waals surface area contributed by atoms with Gasteiger partial charge in [0.05, 0.1) is 12.1 Å². The molecule has 2 amide bonds. The van der Waals surface area contributed by atoms with E-state index in [9.17, 15) is 22.8 Å². The molecule has 1 saturated heterocycles. The number of hydrogen-bond donors (Lipinski definition) is 1. The summed E-state index contributed by atoms with van der Waals surface area (Å²) in [5.74, 6) is -0.568. The molecule has 0 saturated carbocycles. The van der Waals surface area contributed by atoms with Gasteiger partial charge in [0.1, 0.15) is 0 Å². The average Bonchev–Trinajstić information content (AvgIpc) is 2.71. The van der Waals surface area contributed by atoms with Crippen molar-refractivity contribution in [3.8, 4) is 0 Å². The van der Waals surface area contributed by atoms with Crippen LogP contribution in [0.25, 0.3) is 0 Å². The highest BCUT2D eigenvalue weighted by Crippen LogP contribution is 2.29. The highest BCUT2D eigenvalue weighted by Gasteiger charge is 2.31. The van der Waals surface area contributed by atoms with Crippen LogP contribution in [0.2, 0.25) is 0 Å². The molecule has 0 unspecified atom stereocenters. The topological polar surface area (TPSA) is 52.7 Å². The lowest BCUT2D eigenvalue weighted by molar-refractivity contribution is -0.137. The van der Waals surface area contributed by atoms with Crippen LogP contribution in [0.1, 0.15) is 27.0 Å². The van der Waals surface area contributed by atoms with Crippen LogP contribution in [0.5, 0.6) is 0 Å². The van der Waals surface area contributed by atoms with Crippen molar-refractivity contribution in [1.82, 2.24) is 9.80 Å². The molecular weight excluding hydrogens is 395 g/mol. The zero-order valence-electron chi connectivity index (χ0n) is 16.9. The van der Waals surface area contributed by atoms with Gasteiger partial charge >= 0.3 is 6.18 Å². The number of piperazine rings is 1. The predicted molar refractivity (Wildman–Crippen MR) is 108 cm³/mol. The smallest absolute Gasteiger partial charge is 0.336 e. The second kappa shape index (κ2) is 8.87. The number of halogens is 3. The summed E-state index contributed by atoms with van der Waals surface area (Å²) in [6, 6.07) is 10.2. The number of rotatable bonds is 4. The van der Waals surface area contributed by atoms with Gasteiger partial charge in [-0.3, -0.25) is 14.5 Å². The van der Waals surface area contributed by atoms with Gasteiger partial charge in [0, 0.05) is 37.4 Å². The van der Waals surface area contributed by atoms with Gasteiger partial charge in [-0.25, -0.2) is 0 Å². The van der Waals surface area contributed by atoms with Gasteiger partial charge in [-0.05, 0) is 49.2 Å². The number of benzene rings is 2. The molecule has 1 aliphatic rings. The van der Waals surface area contributed by atoms with Gasteiger partial charge in [-0.15, -0.1) is 0 Å². The van der Waals surface area contributed by atoms with Crippen molar-refractivity contribution in [2.45, 2.75) is 20.0 Å². The molecule has 5 nitrogen and oxygen atoms in total. The maximum Gasteiger partial charge on any atom is 0.416 e. The van der Waals surface area contributed by atoms with Crippen molar-refractivity contribution in [3.05, 3.63) is 64.7 Å². The normalized spacial score (nSPS) is 15.2. The molecule has 0 spiro atoms. The average molecular weight is 419 g/mol. The molecule has 8 heteroatoms. The van der Waals surface area contributed by atoms with Crippen LogP contribution in [0.3, 0.4) is 0 Å². The van der Waals surface area contributed by atoms with Crippen LogP contribution >= 0.6 is 0 Å². The molecular formula is C22H24F3N3O2. The van der Waals surface area contributed by atoms with Crippen molar-refractivity contribution >= 4 is 17.5 Å². The van der Waals surface area contributed by atoms with E-state index in [0.29, 0.717) is 26.2 Å². The summed E-state index contributed by atoms with van der Waals surface area (Å²) in [6.07, 6.45) is -4.49. The van der Waals surface area contributed by atoms with Gasteiger partial charge in [0.2, 0.25) is 5.91 Å². The molecule has 1 fully saturated rings. The molecule has 0 aliphatic carbocycles. The Morgan fingerprint density at radius 2 is 1.67 bits per heavy atom. The molecule has 1 N–H and O–H groups in total. The summed E-state index contributed by atoms with van der Waals surface area (Å²) in [4.78, 5) is 28.4. The molecule has 3 rings (SSSR count). The third-order valence-electron chi connectivity index (χ3n) is 5.34. The summed E-state index contributed by atoms with van der Waals surface area (Å²) in [6.45, 7) is 5.78. The molecule has 0 atom stereocenters. The van der Waals surface area contributed by atoms with Crippen molar-refractivity contribution in [2.24, 2.45) is 0 Å². The first-order valence-corrected chi connectivity index (χ1v) is 9.70. The Kier molecular flexibility index (Phi) is 6.45. The highest BCUT2D eigenvalue weighted by atomic mass is 19.4. The van der Waals surface area contributed by atoms with Gasteiger partial charge < -0.3 is 10.2 Å². The Bertz CT molecular complexity index is 935.